The molecule has 1 N–H and O–H groups in total. The Bertz CT molecular complexity index is 984. The lowest BCUT2D eigenvalue weighted by atomic mass is 10.1. The number of carbonyl (C=O) groups is 1. The number of hydrogen-bond donors (Lipinski definition) is 1. The van der Waals surface area contributed by atoms with E-state index in [-0.39, 0.29) is 18.4 Å². The van der Waals surface area contributed by atoms with Crippen molar-refractivity contribution in [2.75, 3.05) is 6.61 Å². The number of aromatic nitrogens is 2. The fraction of sp³-hybridized carbons (Fsp3) is 0.381. The van der Waals surface area contributed by atoms with E-state index in [1.807, 2.05) is 43.5 Å². The number of amides is 1. The lowest BCUT2D eigenvalue weighted by Crippen LogP contribution is -2.23. The fourth-order valence-electron chi connectivity index (χ4n) is 3.27. The predicted octanol–water partition coefficient (Wildman–Crippen LogP) is 3.77. The van der Waals surface area contributed by atoms with Gasteiger partial charge in [-0.3, -0.25) is 4.79 Å². The van der Waals surface area contributed by atoms with Gasteiger partial charge in [0.2, 0.25) is 17.6 Å². The lowest BCUT2D eigenvalue weighted by molar-refractivity contribution is -0.121. The van der Waals surface area contributed by atoms with Crippen LogP contribution in [0.2, 0.25) is 0 Å². The molecule has 0 bridgehead atoms. The highest BCUT2D eigenvalue weighted by molar-refractivity contribution is 7.13. The molecule has 4 rings (SSSR count). The summed E-state index contributed by atoms with van der Waals surface area (Å²) in [4.78, 5) is 17.6. The van der Waals surface area contributed by atoms with Crippen LogP contribution < -0.4 is 14.8 Å². The van der Waals surface area contributed by atoms with Crippen LogP contribution in [0.25, 0.3) is 10.7 Å². The van der Waals surface area contributed by atoms with Crippen LogP contribution >= 0.6 is 11.3 Å². The Kier molecular flexibility index (Phi) is 5.80. The van der Waals surface area contributed by atoms with Crippen LogP contribution in [0.15, 0.2) is 34.2 Å². The minimum absolute atomic E-state index is 0.0851. The first-order valence-electron chi connectivity index (χ1n) is 9.70. The van der Waals surface area contributed by atoms with Crippen molar-refractivity contribution >= 4 is 17.2 Å². The van der Waals surface area contributed by atoms with Crippen LogP contribution in [-0.4, -0.2) is 28.8 Å². The van der Waals surface area contributed by atoms with E-state index in [0.717, 1.165) is 33.9 Å². The third-order valence-electron chi connectivity index (χ3n) is 4.63. The van der Waals surface area contributed by atoms with Crippen LogP contribution in [0.1, 0.15) is 37.3 Å². The molecular formula is C21H23N3O4S. The molecule has 0 saturated heterocycles. The summed E-state index contributed by atoms with van der Waals surface area (Å²) < 4.78 is 16.8. The van der Waals surface area contributed by atoms with E-state index in [4.69, 9.17) is 14.0 Å². The van der Waals surface area contributed by atoms with E-state index in [9.17, 15) is 4.79 Å². The Morgan fingerprint density at radius 2 is 2.31 bits per heavy atom. The molecule has 7 nitrogen and oxygen atoms in total. The molecule has 29 heavy (non-hydrogen) atoms. The van der Waals surface area contributed by atoms with Crippen molar-refractivity contribution in [3.05, 3.63) is 46.7 Å². The predicted molar refractivity (Wildman–Crippen MR) is 109 cm³/mol. The molecule has 0 radical (unpaired) electrons. The number of ether oxygens (including phenoxy) is 2. The van der Waals surface area contributed by atoms with Gasteiger partial charge in [0.05, 0.1) is 11.5 Å². The Balaban J connectivity index is 1.33. The van der Waals surface area contributed by atoms with Crippen molar-refractivity contribution in [3.63, 3.8) is 0 Å². The summed E-state index contributed by atoms with van der Waals surface area (Å²) in [5.41, 5.74) is 2.06. The largest absolute Gasteiger partial charge is 0.494 e. The average Bonchev–Trinajstić information content (AvgIpc) is 3.44. The van der Waals surface area contributed by atoms with Crippen LogP contribution in [-0.2, 0) is 24.2 Å². The third kappa shape index (κ3) is 4.59. The highest BCUT2D eigenvalue weighted by Gasteiger charge is 2.22. The first kappa shape index (κ1) is 19.4. The number of rotatable bonds is 8. The van der Waals surface area contributed by atoms with E-state index < -0.39 is 0 Å². The Labute approximate surface area is 173 Å². The smallest absolute Gasteiger partial charge is 0.227 e. The van der Waals surface area contributed by atoms with Crippen molar-refractivity contribution < 1.29 is 18.8 Å². The molecule has 0 saturated carbocycles. The monoisotopic (exact) mass is 413 g/mol. The van der Waals surface area contributed by atoms with E-state index in [1.54, 1.807) is 11.3 Å². The van der Waals surface area contributed by atoms with Crippen LogP contribution in [0.4, 0.5) is 0 Å². The van der Waals surface area contributed by atoms with Crippen molar-refractivity contribution in [3.8, 4) is 22.2 Å². The van der Waals surface area contributed by atoms with E-state index in [1.165, 1.54) is 0 Å². The normalized spacial score (nSPS) is 15.0. The molecule has 0 fully saturated rings. The highest BCUT2D eigenvalue weighted by Crippen LogP contribution is 2.35. The summed E-state index contributed by atoms with van der Waals surface area (Å²) in [6.07, 6.45) is 1.71. The third-order valence-corrected chi connectivity index (χ3v) is 5.50. The second-order valence-electron chi connectivity index (χ2n) is 6.90. The molecule has 8 heteroatoms. The van der Waals surface area contributed by atoms with Gasteiger partial charge in [-0.2, -0.15) is 4.98 Å². The number of carbonyl (C=O) groups excluding carboxylic acids is 1. The molecule has 1 atom stereocenters. The average molecular weight is 413 g/mol. The Morgan fingerprint density at radius 3 is 3.10 bits per heavy atom. The number of aryl methyl sites for hydroxylation is 1. The minimum Gasteiger partial charge on any atom is -0.494 e. The standard InChI is InChI=1S/C21H23N3O4S/c1-3-26-16-10-14-9-13(2)27-17(14)11-15(16)12-22-19(25)6-7-20-23-21(24-28-20)18-5-4-8-29-18/h4-5,8,10-11,13H,3,6-7,9,12H2,1-2H3,(H,22,25)/t13-/m0/s1. The first-order chi connectivity index (χ1) is 14.1. The maximum atomic E-state index is 12.3. The summed E-state index contributed by atoms with van der Waals surface area (Å²) in [6.45, 7) is 4.94. The maximum absolute atomic E-state index is 12.3. The van der Waals surface area contributed by atoms with Gasteiger partial charge in [0.25, 0.3) is 0 Å². The molecule has 152 valence electrons. The van der Waals surface area contributed by atoms with Crippen LogP contribution in [0.5, 0.6) is 11.5 Å². The van der Waals surface area contributed by atoms with Crippen molar-refractivity contribution in [2.24, 2.45) is 0 Å². The summed E-state index contributed by atoms with van der Waals surface area (Å²) in [5, 5.41) is 8.86. The molecule has 1 aromatic carbocycles. The number of thiophene rings is 1. The van der Waals surface area contributed by atoms with Gasteiger partial charge in [-0.05, 0) is 37.4 Å². The molecule has 1 aliphatic heterocycles. The van der Waals surface area contributed by atoms with E-state index in [0.29, 0.717) is 31.3 Å². The summed E-state index contributed by atoms with van der Waals surface area (Å²) >= 11 is 1.55. The summed E-state index contributed by atoms with van der Waals surface area (Å²) in [6, 6.07) is 7.86. The number of nitrogens with zero attached hydrogens (tertiary/aromatic N) is 2. The molecule has 0 unspecified atom stereocenters. The second kappa shape index (κ2) is 8.65. The molecule has 3 heterocycles. The molecule has 2 aromatic heterocycles. The topological polar surface area (TPSA) is 86.5 Å². The van der Waals surface area contributed by atoms with Gasteiger partial charge in [0, 0.05) is 36.9 Å². The second-order valence-corrected chi connectivity index (χ2v) is 7.85. The van der Waals surface area contributed by atoms with Gasteiger partial charge in [-0.15, -0.1) is 11.3 Å². The number of hydrogen-bond acceptors (Lipinski definition) is 7. The van der Waals surface area contributed by atoms with Gasteiger partial charge >= 0.3 is 0 Å². The Morgan fingerprint density at radius 1 is 1.41 bits per heavy atom. The van der Waals surface area contributed by atoms with Gasteiger partial charge in [-0.25, -0.2) is 0 Å². The minimum atomic E-state index is -0.0851. The fourth-order valence-corrected chi connectivity index (χ4v) is 3.92. The number of benzene rings is 1. The van der Waals surface area contributed by atoms with Crippen molar-refractivity contribution in [2.45, 2.75) is 45.8 Å². The molecule has 3 aromatic rings. The van der Waals surface area contributed by atoms with E-state index >= 15 is 0 Å². The quantitative estimate of drug-likeness (QED) is 0.605. The van der Waals surface area contributed by atoms with Gasteiger partial charge < -0.3 is 19.3 Å². The van der Waals surface area contributed by atoms with Gasteiger partial charge in [0.15, 0.2) is 0 Å². The van der Waals surface area contributed by atoms with Crippen LogP contribution in [0, 0.1) is 0 Å². The van der Waals surface area contributed by atoms with Crippen molar-refractivity contribution in [1.82, 2.24) is 15.5 Å². The Hall–Kier alpha value is -2.87. The molecule has 1 aliphatic rings. The molecule has 0 spiro atoms. The SMILES string of the molecule is CCOc1cc2c(cc1CNC(=O)CCc1nc(-c3cccs3)no1)O[C@@H](C)C2. The molecule has 0 aliphatic carbocycles. The molecular weight excluding hydrogens is 390 g/mol. The lowest BCUT2D eigenvalue weighted by Gasteiger charge is -2.13. The zero-order chi connectivity index (χ0) is 20.2. The maximum Gasteiger partial charge on any atom is 0.227 e. The zero-order valence-corrected chi connectivity index (χ0v) is 17.3. The summed E-state index contributed by atoms with van der Waals surface area (Å²) in [5.74, 6) is 2.60. The molecule has 1 amide bonds. The van der Waals surface area contributed by atoms with Gasteiger partial charge in [-0.1, -0.05) is 11.2 Å². The number of nitrogens with one attached hydrogen (secondary N) is 1. The van der Waals surface area contributed by atoms with Crippen molar-refractivity contribution in [1.29, 1.82) is 0 Å². The highest BCUT2D eigenvalue weighted by atomic mass is 32.1. The first-order valence-corrected chi connectivity index (χ1v) is 10.6. The van der Waals surface area contributed by atoms with Gasteiger partial charge in [0.1, 0.15) is 17.6 Å². The van der Waals surface area contributed by atoms with Crippen LogP contribution in [0.3, 0.4) is 0 Å². The van der Waals surface area contributed by atoms with E-state index in [2.05, 4.69) is 15.5 Å². The number of fused-ring (bicyclic) bond motifs is 1. The summed E-state index contributed by atoms with van der Waals surface area (Å²) in [7, 11) is 0. The zero-order valence-electron chi connectivity index (χ0n) is 16.4.